The van der Waals surface area contributed by atoms with Crippen molar-refractivity contribution in [3.8, 4) is 5.75 Å². The SMILES string of the molecule is CCN(CC)S(=O)(=O)c1ccc(Cl)c(C(=O)N(Cc2ccc(OC)cc2)C2CC2)c1. The van der Waals surface area contributed by atoms with Crippen LogP contribution in [0.1, 0.15) is 42.6 Å². The third-order valence-electron chi connectivity index (χ3n) is 5.27. The number of carbonyl (C=O) groups excluding carboxylic acids is 1. The monoisotopic (exact) mass is 450 g/mol. The van der Waals surface area contributed by atoms with E-state index in [1.807, 2.05) is 24.3 Å². The van der Waals surface area contributed by atoms with Gasteiger partial charge in [-0.25, -0.2) is 8.42 Å². The molecule has 0 unspecified atom stereocenters. The first-order chi connectivity index (χ1) is 14.3. The lowest BCUT2D eigenvalue weighted by molar-refractivity contribution is 0.0730. The van der Waals surface area contributed by atoms with Gasteiger partial charge in [-0.15, -0.1) is 0 Å². The summed E-state index contributed by atoms with van der Waals surface area (Å²) in [5, 5.41) is 0.249. The number of carbonyl (C=O) groups is 1. The van der Waals surface area contributed by atoms with Gasteiger partial charge in [-0.1, -0.05) is 37.6 Å². The fourth-order valence-corrected chi connectivity index (χ4v) is 5.06. The summed E-state index contributed by atoms with van der Waals surface area (Å²) in [5.41, 5.74) is 1.18. The van der Waals surface area contributed by atoms with Crippen molar-refractivity contribution in [2.45, 2.75) is 44.2 Å². The third kappa shape index (κ3) is 4.79. The Hall–Kier alpha value is -2.09. The van der Waals surface area contributed by atoms with Crippen LogP contribution in [0.3, 0.4) is 0 Å². The molecule has 162 valence electrons. The van der Waals surface area contributed by atoms with Gasteiger partial charge in [0.05, 0.1) is 22.6 Å². The Balaban J connectivity index is 1.91. The van der Waals surface area contributed by atoms with E-state index in [1.54, 1.807) is 25.9 Å². The molecule has 0 saturated heterocycles. The standard InChI is InChI=1S/C22H27ClN2O4S/c1-4-24(5-2)30(27,28)19-12-13-21(23)20(14-19)22(26)25(17-8-9-17)15-16-6-10-18(29-3)11-7-16/h6-7,10-14,17H,4-5,8-9,15H2,1-3H3. The van der Waals surface area contributed by atoms with Crippen LogP contribution in [0.2, 0.25) is 5.02 Å². The molecule has 0 spiro atoms. The average molecular weight is 451 g/mol. The number of benzene rings is 2. The number of sulfonamides is 1. The first-order valence-electron chi connectivity index (χ1n) is 10.0. The van der Waals surface area contributed by atoms with Crippen LogP contribution in [0.4, 0.5) is 0 Å². The zero-order valence-electron chi connectivity index (χ0n) is 17.5. The molecule has 0 bridgehead atoms. The molecular formula is C22H27ClN2O4S. The third-order valence-corrected chi connectivity index (χ3v) is 7.65. The highest BCUT2D eigenvalue weighted by atomic mass is 35.5. The number of ether oxygens (including phenoxy) is 1. The Morgan fingerprint density at radius 3 is 2.27 bits per heavy atom. The second-order valence-electron chi connectivity index (χ2n) is 7.24. The van der Waals surface area contributed by atoms with Crippen molar-refractivity contribution >= 4 is 27.5 Å². The van der Waals surface area contributed by atoms with E-state index in [-0.39, 0.29) is 27.4 Å². The second-order valence-corrected chi connectivity index (χ2v) is 9.59. The van der Waals surface area contributed by atoms with Crippen LogP contribution in [0.25, 0.3) is 0 Å². The summed E-state index contributed by atoms with van der Waals surface area (Å²) < 4.78 is 32.3. The molecule has 1 aliphatic carbocycles. The molecule has 1 fully saturated rings. The smallest absolute Gasteiger partial charge is 0.255 e. The number of amides is 1. The number of halogens is 1. The maximum atomic E-state index is 13.4. The van der Waals surface area contributed by atoms with Crippen molar-refractivity contribution < 1.29 is 17.9 Å². The molecule has 0 radical (unpaired) electrons. The highest BCUT2D eigenvalue weighted by Gasteiger charge is 2.34. The average Bonchev–Trinajstić information content (AvgIpc) is 3.58. The molecule has 1 aliphatic rings. The normalized spacial score (nSPS) is 14.0. The summed E-state index contributed by atoms with van der Waals surface area (Å²) in [6, 6.07) is 12.0. The van der Waals surface area contributed by atoms with Gasteiger partial charge in [0.2, 0.25) is 10.0 Å². The van der Waals surface area contributed by atoms with Crippen LogP contribution < -0.4 is 4.74 Å². The van der Waals surface area contributed by atoms with Gasteiger partial charge in [0, 0.05) is 25.7 Å². The van der Waals surface area contributed by atoms with E-state index in [0.29, 0.717) is 19.6 Å². The number of hydrogen-bond acceptors (Lipinski definition) is 4. The molecule has 3 rings (SSSR count). The lowest BCUT2D eigenvalue weighted by Gasteiger charge is -2.24. The summed E-state index contributed by atoms with van der Waals surface area (Å²) in [7, 11) is -2.07. The molecule has 0 aliphatic heterocycles. The highest BCUT2D eigenvalue weighted by molar-refractivity contribution is 7.89. The van der Waals surface area contributed by atoms with Crippen molar-refractivity contribution in [3.63, 3.8) is 0 Å². The highest BCUT2D eigenvalue weighted by Crippen LogP contribution is 2.32. The number of nitrogens with zero attached hydrogens (tertiary/aromatic N) is 2. The second kappa shape index (κ2) is 9.37. The van der Waals surface area contributed by atoms with E-state index >= 15 is 0 Å². The van der Waals surface area contributed by atoms with Crippen LogP contribution in [-0.2, 0) is 16.6 Å². The Kier molecular flexibility index (Phi) is 7.06. The van der Waals surface area contributed by atoms with Gasteiger partial charge < -0.3 is 9.64 Å². The minimum absolute atomic E-state index is 0.0825. The minimum Gasteiger partial charge on any atom is -0.497 e. The van der Waals surface area contributed by atoms with Crippen LogP contribution in [0.15, 0.2) is 47.4 Å². The summed E-state index contributed by atoms with van der Waals surface area (Å²) in [5.74, 6) is 0.496. The van der Waals surface area contributed by atoms with Gasteiger partial charge in [0.1, 0.15) is 5.75 Å². The molecule has 30 heavy (non-hydrogen) atoms. The summed E-state index contributed by atoms with van der Waals surface area (Å²) in [4.78, 5) is 15.2. The maximum Gasteiger partial charge on any atom is 0.255 e. The van der Waals surface area contributed by atoms with Crippen LogP contribution in [0.5, 0.6) is 5.75 Å². The molecule has 0 N–H and O–H groups in total. The predicted molar refractivity (Wildman–Crippen MR) is 117 cm³/mol. The van der Waals surface area contributed by atoms with Crippen molar-refractivity contribution in [1.29, 1.82) is 0 Å². The van der Waals surface area contributed by atoms with Crippen LogP contribution in [-0.4, -0.2) is 49.8 Å². The van der Waals surface area contributed by atoms with Crippen molar-refractivity contribution in [1.82, 2.24) is 9.21 Å². The Labute approximate surface area is 183 Å². The Bertz CT molecular complexity index is 1000. The molecule has 8 heteroatoms. The maximum absolute atomic E-state index is 13.4. The zero-order valence-corrected chi connectivity index (χ0v) is 19.0. The van der Waals surface area contributed by atoms with E-state index < -0.39 is 10.0 Å². The van der Waals surface area contributed by atoms with Gasteiger partial charge in [-0.3, -0.25) is 4.79 Å². The van der Waals surface area contributed by atoms with Crippen molar-refractivity contribution in [3.05, 3.63) is 58.6 Å². The van der Waals surface area contributed by atoms with Crippen molar-refractivity contribution in [2.24, 2.45) is 0 Å². The minimum atomic E-state index is -3.68. The summed E-state index contributed by atoms with van der Waals surface area (Å²) >= 11 is 6.33. The van der Waals surface area contributed by atoms with Gasteiger partial charge in [-0.2, -0.15) is 4.31 Å². The molecule has 2 aromatic carbocycles. The molecule has 1 saturated carbocycles. The lowest BCUT2D eigenvalue weighted by Crippen LogP contribution is -2.33. The van der Waals surface area contributed by atoms with Crippen LogP contribution in [0, 0.1) is 0 Å². The zero-order chi connectivity index (χ0) is 21.9. The van der Waals surface area contributed by atoms with Gasteiger partial charge in [0.15, 0.2) is 0 Å². The van der Waals surface area contributed by atoms with E-state index in [9.17, 15) is 13.2 Å². The fraction of sp³-hybridized carbons (Fsp3) is 0.409. The lowest BCUT2D eigenvalue weighted by atomic mass is 10.1. The molecule has 0 atom stereocenters. The molecule has 2 aromatic rings. The van der Waals surface area contributed by atoms with Gasteiger partial charge in [-0.05, 0) is 48.7 Å². The molecule has 0 heterocycles. The number of hydrogen-bond donors (Lipinski definition) is 0. The quantitative estimate of drug-likeness (QED) is 0.574. The summed E-state index contributed by atoms with van der Waals surface area (Å²) in [6.45, 7) is 4.71. The predicted octanol–water partition coefficient (Wildman–Crippen LogP) is 4.18. The van der Waals surface area contributed by atoms with Gasteiger partial charge >= 0.3 is 0 Å². The van der Waals surface area contributed by atoms with E-state index in [4.69, 9.17) is 16.3 Å². The largest absolute Gasteiger partial charge is 0.497 e. The Morgan fingerprint density at radius 1 is 1.10 bits per heavy atom. The molecule has 6 nitrogen and oxygen atoms in total. The molecular weight excluding hydrogens is 424 g/mol. The number of rotatable bonds is 9. The Morgan fingerprint density at radius 2 is 1.73 bits per heavy atom. The summed E-state index contributed by atoms with van der Waals surface area (Å²) in [6.07, 6.45) is 1.86. The number of methoxy groups -OCH3 is 1. The fourth-order valence-electron chi connectivity index (χ4n) is 3.38. The molecule has 0 aromatic heterocycles. The van der Waals surface area contributed by atoms with E-state index in [2.05, 4.69) is 0 Å². The topological polar surface area (TPSA) is 66.9 Å². The van der Waals surface area contributed by atoms with Crippen molar-refractivity contribution in [2.75, 3.05) is 20.2 Å². The first-order valence-corrected chi connectivity index (χ1v) is 11.9. The molecule has 1 amide bonds. The van der Waals surface area contributed by atoms with Crippen LogP contribution >= 0.6 is 11.6 Å². The van der Waals surface area contributed by atoms with E-state index in [1.165, 1.54) is 22.5 Å². The first kappa shape index (κ1) is 22.6. The van der Waals surface area contributed by atoms with Gasteiger partial charge in [0.25, 0.3) is 5.91 Å². The van der Waals surface area contributed by atoms with E-state index in [0.717, 1.165) is 24.2 Å².